The molecule has 0 saturated carbocycles. The minimum Gasteiger partial charge on any atom is -0.481 e. The Kier molecular flexibility index (Phi) is 4.29. The maximum absolute atomic E-state index is 13.6. The molecule has 2 aromatic rings. The van der Waals surface area contributed by atoms with Gasteiger partial charge in [-0.25, -0.2) is 13.2 Å². The third kappa shape index (κ3) is 3.30. The molecule has 0 aliphatic rings. The van der Waals surface area contributed by atoms with Crippen molar-refractivity contribution in [1.82, 2.24) is 0 Å². The summed E-state index contributed by atoms with van der Waals surface area (Å²) in [6.45, 7) is 1.66. The van der Waals surface area contributed by atoms with Crippen LogP contribution in [-0.4, -0.2) is 6.04 Å². The van der Waals surface area contributed by atoms with Gasteiger partial charge in [0.05, 0.1) is 0 Å². The number of hydrogen-bond donors (Lipinski definition) is 1. The molecule has 20 heavy (non-hydrogen) atoms. The molecular weight excluding hydrogens is 267 g/mol. The van der Waals surface area contributed by atoms with Crippen molar-refractivity contribution < 1.29 is 17.9 Å². The maximum Gasteiger partial charge on any atom is 0.168 e. The summed E-state index contributed by atoms with van der Waals surface area (Å²) in [6, 6.07) is 8.21. The molecule has 2 N–H and O–H groups in total. The zero-order chi connectivity index (χ0) is 14.7. The van der Waals surface area contributed by atoms with Gasteiger partial charge in [0, 0.05) is 12.1 Å². The average Bonchev–Trinajstić information content (AvgIpc) is 2.37. The van der Waals surface area contributed by atoms with Crippen LogP contribution >= 0.6 is 0 Å². The molecule has 2 nitrogen and oxygen atoms in total. The van der Waals surface area contributed by atoms with Crippen molar-refractivity contribution in [3.63, 3.8) is 0 Å². The second-order valence-corrected chi connectivity index (χ2v) is 4.53. The van der Waals surface area contributed by atoms with Crippen LogP contribution in [0.25, 0.3) is 0 Å². The van der Waals surface area contributed by atoms with E-state index in [0.29, 0.717) is 5.56 Å². The van der Waals surface area contributed by atoms with Crippen LogP contribution in [0, 0.1) is 17.5 Å². The lowest BCUT2D eigenvalue weighted by Gasteiger charge is -2.23. The van der Waals surface area contributed by atoms with E-state index in [1.54, 1.807) is 13.0 Å². The first-order chi connectivity index (χ1) is 9.47. The molecule has 2 unspecified atom stereocenters. The normalized spacial score (nSPS) is 13.8. The number of halogens is 3. The predicted octanol–water partition coefficient (Wildman–Crippen LogP) is 3.57. The molecule has 0 aliphatic heterocycles. The summed E-state index contributed by atoms with van der Waals surface area (Å²) in [5, 5.41) is 0. The van der Waals surface area contributed by atoms with Crippen LogP contribution in [0.1, 0.15) is 18.6 Å². The van der Waals surface area contributed by atoms with Gasteiger partial charge in [-0.1, -0.05) is 12.1 Å². The van der Waals surface area contributed by atoms with E-state index in [1.165, 1.54) is 24.3 Å². The molecule has 0 amide bonds. The standard InChI is InChI=1S/C15H14F3NO/c1-9(19)15(10-3-2-4-11(16)7-10)20-14-6-5-12(17)8-13(14)18/h2-9,15H,19H2,1H3. The van der Waals surface area contributed by atoms with Crippen LogP contribution in [0.3, 0.4) is 0 Å². The molecule has 0 heterocycles. The van der Waals surface area contributed by atoms with E-state index in [9.17, 15) is 13.2 Å². The molecule has 0 bridgehead atoms. The van der Waals surface area contributed by atoms with Crippen molar-refractivity contribution in [2.75, 3.05) is 0 Å². The maximum atomic E-state index is 13.6. The van der Waals surface area contributed by atoms with Gasteiger partial charge >= 0.3 is 0 Å². The largest absolute Gasteiger partial charge is 0.481 e. The molecule has 2 atom stereocenters. The summed E-state index contributed by atoms with van der Waals surface area (Å²) < 4.78 is 45.2. The van der Waals surface area contributed by atoms with Crippen molar-refractivity contribution >= 4 is 0 Å². The van der Waals surface area contributed by atoms with Crippen molar-refractivity contribution in [3.05, 3.63) is 65.5 Å². The summed E-state index contributed by atoms with van der Waals surface area (Å²) in [5.41, 5.74) is 6.29. The molecule has 0 spiro atoms. The predicted molar refractivity (Wildman–Crippen MR) is 69.8 cm³/mol. The van der Waals surface area contributed by atoms with Crippen LogP contribution in [0.4, 0.5) is 13.2 Å². The van der Waals surface area contributed by atoms with Gasteiger partial charge < -0.3 is 10.5 Å². The molecule has 2 rings (SSSR count). The average molecular weight is 281 g/mol. The van der Waals surface area contributed by atoms with Gasteiger partial charge in [0.1, 0.15) is 17.7 Å². The fourth-order valence-electron chi connectivity index (χ4n) is 1.87. The lowest BCUT2D eigenvalue weighted by molar-refractivity contribution is 0.172. The van der Waals surface area contributed by atoms with Crippen LogP contribution in [0.2, 0.25) is 0 Å². The Balaban J connectivity index is 2.30. The first-order valence-electron chi connectivity index (χ1n) is 6.10. The molecule has 0 fully saturated rings. The smallest absolute Gasteiger partial charge is 0.168 e. The Bertz CT molecular complexity index is 601. The Hall–Kier alpha value is -2.01. The highest BCUT2D eigenvalue weighted by atomic mass is 19.1. The van der Waals surface area contributed by atoms with Crippen molar-refractivity contribution in [3.8, 4) is 5.75 Å². The zero-order valence-electron chi connectivity index (χ0n) is 10.8. The number of ether oxygens (including phenoxy) is 1. The van der Waals surface area contributed by atoms with Crippen LogP contribution in [0.5, 0.6) is 5.75 Å². The van der Waals surface area contributed by atoms with E-state index in [4.69, 9.17) is 10.5 Å². The lowest BCUT2D eigenvalue weighted by Crippen LogP contribution is -2.29. The molecule has 2 aromatic carbocycles. The van der Waals surface area contributed by atoms with E-state index < -0.39 is 29.6 Å². The second kappa shape index (κ2) is 5.96. The Morgan fingerprint density at radius 2 is 1.70 bits per heavy atom. The molecule has 106 valence electrons. The molecule has 0 radical (unpaired) electrons. The van der Waals surface area contributed by atoms with Gasteiger partial charge in [-0.15, -0.1) is 0 Å². The highest BCUT2D eigenvalue weighted by Gasteiger charge is 2.20. The summed E-state index contributed by atoms with van der Waals surface area (Å²) in [4.78, 5) is 0. The van der Waals surface area contributed by atoms with Crippen molar-refractivity contribution in [2.45, 2.75) is 19.1 Å². The fraction of sp³-hybridized carbons (Fsp3) is 0.200. The highest BCUT2D eigenvalue weighted by molar-refractivity contribution is 5.27. The fourth-order valence-corrected chi connectivity index (χ4v) is 1.87. The summed E-state index contributed by atoms with van der Waals surface area (Å²) >= 11 is 0. The molecule has 0 aromatic heterocycles. The number of nitrogens with two attached hydrogens (primary N) is 1. The molecular formula is C15H14F3NO. The van der Waals surface area contributed by atoms with Gasteiger partial charge in [-0.05, 0) is 36.8 Å². The quantitative estimate of drug-likeness (QED) is 0.929. The number of hydrogen-bond acceptors (Lipinski definition) is 2. The van der Waals surface area contributed by atoms with Crippen LogP contribution in [-0.2, 0) is 0 Å². The highest BCUT2D eigenvalue weighted by Crippen LogP contribution is 2.27. The summed E-state index contributed by atoms with van der Waals surface area (Å²) in [5.74, 6) is -2.08. The van der Waals surface area contributed by atoms with Crippen molar-refractivity contribution in [1.29, 1.82) is 0 Å². The number of rotatable bonds is 4. The Morgan fingerprint density at radius 1 is 1.00 bits per heavy atom. The SMILES string of the molecule is CC(N)C(Oc1ccc(F)cc1F)c1cccc(F)c1. The Labute approximate surface area is 115 Å². The topological polar surface area (TPSA) is 35.2 Å². The second-order valence-electron chi connectivity index (χ2n) is 4.53. The minimum absolute atomic E-state index is 0.127. The van der Waals surface area contributed by atoms with E-state index in [-0.39, 0.29) is 5.75 Å². The monoisotopic (exact) mass is 281 g/mol. The molecule has 0 saturated heterocycles. The Morgan fingerprint density at radius 3 is 2.30 bits per heavy atom. The van der Waals surface area contributed by atoms with Gasteiger partial charge in [-0.3, -0.25) is 0 Å². The third-order valence-corrected chi connectivity index (χ3v) is 2.80. The lowest BCUT2D eigenvalue weighted by atomic mass is 10.0. The zero-order valence-corrected chi connectivity index (χ0v) is 10.8. The van der Waals surface area contributed by atoms with Crippen LogP contribution < -0.4 is 10.5 Å². The first-order valence-corrected chi connectivity index (χ1v) is 6.10. The molecule has 0 aliphatic carbocycles. The van der Waals surface area contributed by atoms with Gasteiger partial charge in [0.15, 0.2) is 11.6 Å². The van der Waals surface area contributed by atoms with E-state index in [1.807, 2.05) is 0 Å². The molecule has 5 heteroatoms. The summed E-state index contributed by atoms with van der Waals surface area (Å²) in [6.07, 6.45) is -0.731. The van der Waals surface area contributed by atoms with E-state index in [2.05, 4.69) is 0 Å². The number of benzene rings is 2. The van der Waals surface area contributed by atoms with Crippen molar-refractivity contribution in [2.24, 2.45) is 5.73 Å². The summed E-state index contributed by atoms with van der Waals surface area (Å²) in [7, 11) is 0. The van der Waals surface area contributed by atoms with Gasteiger partial charge in [0.2, 0.25) is 0 Å². The van der Waals surface area contributed by atoms with E-state index >= 15 is 0 Å². The minimum atomic E-state index is -0.827. The third-order valence-electron chi connectivity index (χ3n) is 2.80. The first kappa shape index (κ1) is 14.4. The van der Waals surface area contributed by atoms with Gasteiger partial charge in [0.25, 0.3) is 0 Å². The van der Waals surface area contributed by atoms with Crippen LogP contribution in [0.15, 0.2) is 42.5 Å². The van der Waals surface area contributed by atoms with E-state index in [0.717, 1.165) is 12.1 Å². The van der Waals surface area contributed by atoms with Gasteiger partial charge in [-0.2, -0.15) is 0 Å².